The van der Waals surface area contributed by atoms with Crippen LogP contribution in [0.2, 0.25) is 0 Å². The van der Waals surface area contributed by atoms with E-state index >= 15 is 0 Å². The molecule has 116 valence electrons. The van der Waals surface area contributed by atoms with Gasteiger partial charge in [-0.15, -0.1) is 5.10 Å². The van der Waals surface area contributed by atoms with Gasteiger partial charge in [-0.3, -0.25) is 0 Å². The highest BCUT2D eigenvalue weighted by atomic mass is 79.9. The molecule has 0 amide bonds. The van der Waals surface area contributed by atoms with Crippen LogP contribution in [0.15, 0.2) is 53.0 Å². The molecule has 7 nitrogen and oxygen atoms in total. The van der Waals surface area contributed by atoms with Crippen molar-refractivity contribution >= 4 is 21.9 Å². The zero-order valence-corrected chi connectivity index (χ0v) is 13.3. The first-order valence-electron chi connectivity index (χ1n) is 6.63. The quantitative estimate of drug-likeness (QED) is 0.738. The maximum absolute atomic E-state index is 10.8. The SMILES string of the molecule is O=C(O)c1ccc(OCc2nnnn2-c2ccc(Br)cc2)cc1. The second kappa shape index (κ2) is 6.57. The van der Waals surface area contributed by atoms with Gasteiger partial charge in [-0.05, 0) is 59.0 Å². The minimum Gasteiger partial charge on any atom is -0.486 e. The molecule has 0 fully saturated rings. The Bertz CT molecular complexity index is 815. The summed E-state index contributed by atoms with van der Waals surface area (Å²) in [5, 5.41) is 20.4. The third kappa shape index (κ3) is 3.54. The zero-order chi connectivity index (χ0) is 16.2. The molecule has 0 saturated carbocycles. The molecule has 2 aromatic carbocycles. The van der Waals surface area contributed by atoms with Crippen molar-refractivity contribution in [2.45, 2.75) is 6.61 Å². The van der Waals surface area contributed by atoms with Crippen molar-refractivity contribution in [1.82, 2.24) is 20.2 Å². The van der Waals surface area contributed by atoms with Gasteiger partial charge in [-0.2, -0.15) is 4.68 Å². The molecular weight excluding hydrogens is 364 g/mol. The van der Waals surface area contributed by atoms with Crippen molar-refractivity contribution in [3.8, 4) is 11.4 Å². The van der Waals surface area contributed by atoms with Crippen molar-refractivity contribution < 1.29 is 14.6 Å². The molecule has 3 rings (SSSR count). The summed E-state index contributed by atoms with van der Waals surface area (Å²) in [4.78, 5) is 10.8. The Kier molecular flexibility index (Phi) is 4.33. The lowest BCUT2D eigenvalue weighted by Crippen LogP contribution is -2.07. The Hall–Kier alpha value is -2.74. The van der Waals surface area contributed by atoms with E-state index in [2.05, 4.69) is 31.5 Å². The Labute approximate surface area is 139 Å². The van der Waals surface area contributed by atoms with Crippen LogP contribution in [0.4, 0.5) is 0 Å². The van der Waals surface area contributed by atoms with Crippen LogP contribution in [-0.2, 0) is 6.61 Å². The summed E-state index contributed by atoms with van der Waals surface area (Å²) in [6, 6.07) is 13.7. The van der Waals surface area contributed by atoms with Gasteiger partial charge in [0, 0.05) is 4.47 Å². The van der Waals surface area contributed by atoms with E-state index in [1.165, 1.54) is 12.1 Å². The number of rotatable bonds is 5. The molecule has 0 aliphatic carbocycles. The van der Waals surface area contributed by atoms with Crippen molar-refractivity contribution in [3.05, 3.63) is 64.4 Å². The second-order valence-electron chi connectivity index (χ2n) is 4.60. The summed E-state index contributed by atoms with van der Waals surface area (Å²) < 4.78 is 8.15. The van der Waals surface area contributed by atoms with Crippen molar-refractivity contribution in [2.75, 3.05) is 0 Å². The summed E-state index contributed by atoms with van der Waals surface area (Å²) in [6.45, 7) is 0.162. The van der Waals surface area contributed by atoms with Gasteiger partial charge in [0.1, 0.15) is 12.4 Å². The number of hydrogen-bond donors (Lipinski definition) is 1. The first-order valence-corrected chi connectivity index (χ1v) is 7.42. The number of hydrogen-bond acceptors (Lipinski definition) is 5. The van der Waals surface area contributed by atoms with E-state index in [9.17, 15) is 4.79 Å². The monoisotopic (exact) mass is 374 g/mol. The topological polar surface area (TPSA) is 90.1 Å². The summed E-state index contributed by atoms with van der Waals surface area (Å²) in [7, 11) is 0. The van der Waals surface area contributed by atoms with Crippen LogP contribution in [0.25, 0.3) is 5.69 Å². The number of halogens is 1. The van der Waals surface area contributed by atoms with Gasteiger partial charge < -0.3 is 9.84 Å². The fraction of sp³-hybridized carbons (Fsp3) is 0.0667. The number of carbonyl (C=O) groups is 1. The van der Waals surface area contributed by atoms with Crippen molar-refractivity contribution in [2.24, 2.45) is 0 Å². The lowest BCUT2D eigenvalue weighted by molar-refractivity contribution is 0.0697. The normalized spacial score (nSPS) is 10.5. The van der Waals surface area contributed by atoms with E-state index in [0.717, 1.165) is 10.2 Å². The molecule has 0 atom stereocenters. The number of tetrazole rings is 1. The number of carboxylic acids is 1. The number of carboxylic acid groups (broad SMARTS) is 1. The maximum atomic E-state index is 10.8. The molecule has 0 unspecified atom stereocenters. The number of aromatic carboxylic acids is 1. The highest BCUT2D eigenvalue weighted by molar-refractivity contribution is 9.10. The predicted octanol–water partition coefficient (Wildman–Crippen LogP) is 2.70. The van der Waals surface area contributed by atoms with Crippen LogP contribution in [0.3, 0.4) is 0 Å². The van der Waals surface area contributed by atoms with Gasteiger partial charge in [0.2, 0.25) is 0 Å². The molecule has 0 aliphatic heterocycles. The molecule has 0 bridgehead atoms. The Morgan fingerprint density at radius 2 is 1.83 bits per heavy atom. The zero-order valence-electron chi connectivity index (χ0n) is 11.8. The number of ether oxygens (including phenoxy) is 1. The molecule has 1 N–H and O–H groups in total. The highest BCUT2D eigenvalue weighted by Gasteiger charge is 2.09. The molecule has 23 heavy (non-hydrogen) atoms. The van der Waals surface area contributed by atoms with E-state index in [1.54, 1.807) is 16.8 Å². The molecule has 1 heterocycles. The first kappa shape index (κ1) is 15.2. The maximum Gasteiger partial charge on any atom is 0.335 e. The van der Waals surface area contributed by atoms with Crippen LogP contribution < -0.4 is 4.74 Å². The van der Waals surface area contributed by atoms with E-state index in [4.69, 9.17) is 9.84 Å². The van der Waals surface area contributed by atoms with Crippen molar-refractivity contribution in [1.29, 1.82) is 0 Å². The summed E-state index contributed by atoms with van der Waals surface area (Å²) in [6.07, 6.45) is 0. The van der Waals surface area contributed by atoms with Gasteiger partial charge >= 0.3 is 5.97 Å². The number of nitrogens with zero attached hydrogens (tertiary/aromatic N) is 4. The van der Waals surface area contributed by atoms with Crippen LogP contribution in [0.5, 0.6) is 5.75 Å². The smallest absolute Gasteiger partial charge is 0.335 e. The molecule has 1 aromatic heterocycles. The molecule has 0 radical (unpaired) electrons. The molecule has 0 saturated heterocycles. The van der Waals surface area contributed by atoms with Crippen molar-refractivity contribution in [3.63, 3.8) is 0 Å². The molecule has 3 aromatic rings. The largest absolute Gasteiger partial charge is 0.486 e. The third-order valence-corrected chi connectivity index (χ3v) is 3.60. The van der Waals surface area contributed by atoms with Gasteiger partial charge in [-0.25, -0.2) is 4.79 Å². The lowest BCUT2D eigenvalue weighted by atomic mass is 10.2. The third-order valence-electron chi connectivity index (χ3n) is 3.07. The van der Waals surface area contributed by atoms with Gasteiger partial charge in [-0.1, -0.05) is 15.9 Å². The Balaban J connectivity index is 1.73. The second-order valence-corrected chi connectivity index (χ2v) is 5.52. The minimum atomic E-state index is -0.976. The predicted molar refractivity (Wildman–Crippen MR) is 84.6 cm³/mol. The fourth-order valence-corrected chi connectivity index (χ4v) is 2.18. The van der Waals surface area contributed by atoms with E-state index < -0.39 is 5.97 Å². The fourth-order valence-electron chi connectivity index (χ4n) is 1.92. The molecule has 0 spiro atoms. The van der Waals surface area contributed by atoms with Gasteiger partial charge in [0.15, 0.2) is 5.82 Å². The average molecular weight is 375 g/mol. The van der Waals surface area contributed by atoms with Crippen LogP contribution >= 0.6 is 15.9 Å². The molecular formula is C15H11BrN4O3. The molecule has 8 heteroatoms. The standard InChI is InChI=1S/C15H11BrN4O3/c16-11-3-5-12(6-4-11)20-14(17-18-19-20)9-23-13-7-1-10(2-8-13)15(21)22/h1-8H,9H2,(H,21,22). The Morgan fingerprint density at radius 1 is 1.13 bits per heavy atom. The van der Waals surface area contributed by atoms with Crippen LogP contribution in [-0.4, -0.2) is 31.3 Å². The average Bonchev–Trinajstić information content (AvgIpc) is 3.02. The summed E-state index contributed by atoms with van der Waals surface area (Å²) in [5.74, 6) is 0.103. The number of benzene rings is 2. The first-order chi connectivity index (χ1) is 11.1. The number of aromatic nitrogens is 4. The lowest BCUT2D eigenvalue weighted by Gasteiger charge is -2.07. The highest BCUT2D eigenvalue weighted by Crippen LogP contribution is 2.16. The summed E-state index contributed by atoms with van der Waals surface area (Å²) >= 11 is 3.38. The van der Waals surface area contributed by atoms with E-state index in [-0.39, 0.29) is 12.2 Å². The van der Waals surface area contributed by atoms with Crippen LogP contribution in [0, 0.1) is 0 Å². The minimum absolute atomic E-state index is 0.162. The van der Waals surface area contributed by atoms with Crippen LogP contribution in [0.1, 0.15) is 16.2 Å². The van der Waals surface area contributed by atoms with E-state index in [1.807, 2.05) is 24.3 Å². The van der Waals surface area contributed by atoms with Gasteiger partial charge in [0.25, 0.3) is 0 Å². The summed E-state index contributed by atoms with van der Waals surface area (Å²) in [5.41, 5.74) is 1.02. The van der Waals surface area contributed by atoms with E-state index in [0.29, 0.717) is 11.6 Å². The Morgan fingerprint density at radius 3 is 2.48 bits per heavy atom. The molecule has 0 aliphatic rings. The van der Waals surface area contributed by atoms with Gasteiger partial charge in [0.05, 0.1) is 11.3 Å².